The van der Waals surface area contributed by atoms with Crippen LogP contribution < -0.4 is 10.1 Å². The quantitative estimate of drug-likeness (QED) is 0.832. The Bertz CT molecular complexity index is 654. The van der Waals surface area contributed by atoms with Gasteiger partial charge < -0.3 is 19.7 Å². The first kappa shape index (κ1) is 18.6. The van der Waals surface area contributed by atoms with E-state index in [1.807, 2.05) is 17.0 Å². The minimum absolute atomic E-state index is 0.0135. The molecule has 1 aromatic carbocycles. The van der Waals surface area contributed by atoms with Crippen molar-refractivity contribution >= 4 is 6.03 Å². The molecule has 1 spiro atoms. The number of carbonyl (C=O) groups excluding carboxylic acids is 1. The van der Waals surface area contributed by atoms with Crippen molar-refractivity contribution in [3.8, 4) is 5.75 Å². The van der Waals surface area contributed by atoms with Crippen molar-refractivity contribution in [2.24, 2.45) is 5.92 Å². The van der Waals surface area contributed by atoms with Gasteiger partial charge in [0.25, 0.3) is 0 Å². The number of methoxy groups -OCH3 is 1. The Hall–Kier alpha value is -1.79. The molecule has 1 atom stereocenters. The van der Waals surface area contributed by atoms with Crippen molar-refractivity contribution in [2.45, 2.75) is 37.8 Å². The van der Waals surface area contributed by atoms with Gasteiger partial charge in [-0.25, -0.2) is 4.79 Å². The molecule has 3 aliphatic heterocycles. The smallest absolute Gasteiger partial charge is 0.317 e. The highest BCUT2D eigenvalue weighted by Crippen LogP contribution is 2.42. The van der Waals surface area contributed by atoms with Gasteiger partial charge in [0.2, 0.25) is 0 Å². The number of nitrogens with one attached hydrogen (secondary N) is 1. The summed E-state index contributed by atoms with van der Waals surface area (Å²) in [6.45, 7) is 6.23. The number of nitrogens with zero attached hydrogens (tertiary/aromatic N) is 2. The lowest BCUT2D eigenvalue weighted by molar-refractivity contribution is -0.136. The van der Waals surface area contributed by atoms with Crippen LogP contribution in [0.2, 0.25) is 0 Å². The lowest BCUT2D eigenvalue weighted by Crippen LogP contribution is -2.64. The molecule has 0 aliphatic carbocycles. The fraction of sp³-hybridized carbons (Fsp3) is 0.667. The molecule has 1 N–H and O–H groups in total. The zero-order valence-electron chi connectivity index (χ0n) is 16.3. The molecular weight excluding hydrogens is 342 g/mol. The third kappa shape index (κ3) is 3.92. The summed E-state index contributed by atoms with van der Waals surface area (Å²) in [6.07, 6.45) is 4.37. The molecule has 0 aromatic heterocycles. The van der Waals surface area contributed by atoms with Gasteiger partial charge >= 0.3 is 6.03 Å². The van der Waals surface area contributed by atoms with E-state index >= 15 is 0 Å². The van der Waals surface area contributed by atoms with Gasteiger partial charge in [0.05, 0.1) is 12.7 Å². The largest absolute Gasteiger partial charge is 0.496 e. The van der Waals surface area contributed by atoms with E-state index in [9.17, 15) is 4.79 Å². The summed E-state index contributed by atoms with van der Waals surface area (Å²) in [4.78, 5) is 16.5. The molecule has 0 radical (unpaired) electrons. The first-order valence-electron chi connectivity index (χ1n) is 10.2. The standard InChI is InChI=1S/C21H31N3O3/c1-26-19-7-3-2-6-17(19)14-23-15-21(16-23)18(9-13-27-21)8-10-22-20(25)24-11-4-5-12-24/h2-3,6-7,18H,4-5,8-16H2,1H3,(H,22,25). The summed E-state index contributed by atoms with van der Waals surface area (Å²) >= 11 is 0. The Morgan fingerprint density at radius 1 is 1.30 bits per heavy atom. The minimum atomic E-state index is -0.0135. The van der Waals surface area contributed by atoms with Crippen LogP contribution in [0.1, 0.15) is 31.2 Å². The molecular formula is C21H31N3O3. The number of amides is 2. The average molecular weight is 373 g/mol. The third-order valence-electron chi connectivity index (χ3n) is 6.33. The molecule has 0 bridgehead atoms. The first-order chi connectivity index (χ1) is 13.2. The summed E-state index contributed by atoms with van der Waals surface area (Å²) in [6, 6.07) is 8.32. The highest BCUT2D eigenvalue weighted by atomic mass is 16.5. The molecule has 3 fully saturated rings. The number of ether oxygens (including phenoxy) is 2. The van der Waals surface area contributed by atoms with Crippen LogP contribution in [0.5, 0.6) is 5.75 Å². The topological polar surface area (TPSA) is 54.0 Å². The monoisotopic (exact) mass is 373 g/mol. The number of rotatable bonds is 6. The second kappa shape index (κ2) is 8.07. The second-order valence-electron chi connectivity index (χ2n) is 8.07. The Kier molecular flexibility index (Phi) is 5.55. The molecule has 3 aliphatic rings. The highest BCUT2D eigenvalue weighted by molar-refractivity contribution is 5.74. The second-order valence-corrected chi connectivity index (χ2v) is 8.07. The Morgan fingerprint density at radius 3 is 2.85 bits per heavy atom. The van der Waals surface area contributed by atoms with Crippen LogP contribution in [-0.2, 0) is 11.3 Å². The number of hydrogen-bond acceptors (Lipinski definition) is 4. The first-order valence-corrected chi connectivity index (χ1v) is 10.2. The molecule has 3 heterocycles. The van der Waals surface area contributed by atoms with E-state index < -0.39 is 0 Å². The van der Waals surface area contributed by atoms with Gasteiger partial charge in [0.1, 0.15) is 5.75 Å². The molecule has 2 amide bonds. The molecule has 148 valence electrons. The van der Waals surface area contributed by atoms with Gasteiger partial charge in [-0.05, 0) is 37.7 Å². The summed E-state index contributed by atoms with van der Waals surface area (Å²) < 4.78 is 11.6. The fourth-order valence-corrected chi connectivity index (χ4v) is 4.82. The number of likely N-dealkylation sites (tertiary alicyclic amines) is 2. The lowest BCUT2D eigenvalue weighted by Gasteiger charge is -2.50. The van der Waals surface area contributed by atoms with E-state index in [-0.39, 0.29) is 11.6 Å². The fourth-order valence-electron chi connectivity index (χ4n) is 4.82. The van der Waals surface area contributed by atoms with Gasteiger partial charge in [0.15, 0.2) is 0 Å². The van der Waals surface area contributed by atoms with Crippen LogP contribution in [0.3, 0.4) is 0 Å². The molecule has 3 saturated heterocycles. The summed E-state index contributed by atoms with van der Waals surface area (Å²) in [7, 11) is 1.73. The summed E-state index contributed by atoms with van der Waals surface area (Å²) in [5.41, 5.74) is 1.21. The van der Waals surface area contributed by atoms with Gasteiger partial charge in [-0.3, -0.25) is 4.90 Å². The van der Waals surface area contributed by atoms with Crippen molar-refractivity contribution in [3.63, 3.8) is 0 Å². The van der Waals surface area contributed by atoms with Crippen LogP contribution in [0, 0.1) is 5.92 Å². The van der Waals surface area contributed by atoms with Crippen LogP contribution in [0.4, 0.5) is 4.79 Å². The summed E-state index contributed by atoms with van der Waals surface area (Å²) in [5, 5.41) is 3.10. The van der Waals surface area contributed by atoms with E-state index in [0.29, 0.717) is 5.92 Å². The zero-order chi connectivity index (χ0) is 18.7. The van der Waals surface area contributed by atoms with Crippen LogP contribution in [0.25, 0.3) is 0 Å². The number of hydrogen-bond donors (Lipinski definition) is 1. The molecule has 4 rings (SSSR count). The normalized spacial score (nSPS) is 24.2. The third-order valence-corrected chi connectivity index (χ3v) is 6.33. The van der Waals surface area contributed by atoms with Crippen molar-refractivity contribution in [3.05, 3.63) is 29.8 Å². The highest BCUT2D eigenvalue weighted by Gasteiger charge is 2.52. The van der Waals surface area contributed by atoms with E-state index in [1.165, 1.54) is 5.56 Å². The maximum absolute atomic E-state index is 12.1. The average Bonchev–Trinajstić information content (AvgIpc) is 3.32. The number of carbonyl (C=O) groups is 1. The van der Waals surface area contributed by atoms with Gasteiger partial charge in [-0.1, -0.05) is 18.2 Å². The van der Waals surface area contributed by atoms with Crippen LogP contribution in [0.15, 0.2) is 24.3 Å². The number of para-hydroxylation sites is 1. The van der Waals surface area contributed by atoms with Gasteiger partial charge in [-0.15, -0.1) is 0 Å². The number of urea groups is 1. The zero-order valence-corrected chi connectivity index (χ0v) is 16.3. The van der Waals surface area contributed by atoms with Gasteiger partial charge in [-0.2, -0.15) is 0 Å². The maximum Gasteiger partial charge on any atom is 0.317 e. The van der Waals surface area contributed by atoms with Gasteiger partial charge in [0, 0.05) is 51.4 Å². The van der Waals surface area contributed by atoms with Crippen molar-refractivity contribution in [1.29, 1.82) is 0 Å². The van der Waals surface area contributed by atoms with E-state index in [4.69, 9.17) is 9.47 Å². The molecule has 1 aromatic rings. The predicted octanol–water partition coefficient (Wildman–Crippen LogP) is 2.48. The molecule has 27 heavy (non-hydrogen) atoms. The van der Waals surface area contributed by atoms with E-state index in [1.54, 1.807) is 7.11 Å². The SMILES string of the molecule is COc1ccccc1CN1CC2(C1)OCCC2CCNC(=O)N1CCCC1. The Balaban J connectivity index is 1.25. The molecule has 1 unspecified atom stereocenters. The lowest BCUT2D eigenvalue weighted by atomic mass is 9.78. The van der Waals surface area contributed by atoms with Crippen LogP contribution in [-0.4, -0.2) is 67.9 Å². The van der Waals surface area contributed by atoms with E-state index in [0.717, 1.165) is 77.3 Å². The predicted molar refractivity (Wildman–Crippen MR) is 104 cm³/mol. The molecule has 6 heteroatoms. The Labute approximate surface area is 161 Å². The molecule has 6 nitrogen and oxygen atoms in total. The van der Waals surface area contributed by atoms with E-state index in [2.05, 4.69) is 22.3 Å². The van der Waals surface area contributed by atoms with Crippen molar-refractivity contribution < 1.29 is 14.3 Å². The maximum atomic E-state index is 12.1. The van der Waals surface area contributed by atoms with Crippen LogP contribution >= 0.6 is 0 Å². The minimum Gasteiger partial charge on any atom is -0.496 e. The molecule has 0 saturated carbocycles. The van der Waals surface area contributed by atoms with Crippen molar-refractivity contribution in [1.82, 2.24) is 15.1 Å². The van der Waals surface area contributed by atoms with Crippen molar-refractivity contribution in [2.75, 3.05) is 46.4 Å². The number of benzene rings is 1. The Morgan fingerprint density at radius 2 is 2.07 bits per heavy atom. The summed E-state index contributed by atoms with van der Waals surface area (Å²) in [5.74, 6) is 1.48.